The Hall–Kier alpha value is -2.69. The second-order valence-corrected chi connectivity index (χ2v) is 10.1. The van der Waals surface area contributed by atoms with Gasteiger partial charge in [-0.15, -0.1) is 0 Å². The van der Waals surface area contributed by atoms with Gasteiger partial charge in [0.25, 0.3) is 5.91 Å². The van der Waals surface area contributed by atoms with E-state index in [0.29, 0.717) is 39.4 Å². The maximum atomic E-state index is 13.0. The third-order valence-corrected chi connectivity index (χ3v) is 7.24. The lowest BCUT2D eigenvalue weighted by Crippen LogP contribution is -2.27. The largest absolute Gasteiger partial charge is 0.490 e. The molecule has 0 radical (unpaired) electrons. The first-order valence-corrected chi connectivity index (χ1v) is 12.8. The molecule has 0 aromatic heterocycles. The third-order valence-electron chi connectivity index (χ3n) is 4.92. The van der Waals surface area contributed by atoms with Crippen LogP contribution < -0.4 is 9.47 Å². The Morgan fingerprint density at radius 2 is 1.79 bits per heavy atom. The number of halogens is 1. The van der Waals surface area contributed by atoms with Crippen LogP contribution in [0.2, 0.25) is 0 Å². The summed E-state index contributed by atoms with van der Waals surface area (Å²) in [4.78, 5) is 27.8. The minimum Gasteiger partial charge on any atom is -0.490 e. The number of ether oxygens (including phenoxy) is 2. The first-order valence-electron chi connectivity index (χ1n) is 10.5. The predicted octanol–water partition coefficient (Wildman–Crippen LogP) is 6.31. The molecule has 0 atom stereocenters. The number of rotatable bonds is 7. The Kier molecular flexibility index (Phi) is 8.02. The molecule has 0 unspecified atom stereocenters. The van der Waals surface area contributed by atoms with E-state index in [1.54, 1.807) is 41.3 Å². The highest BCUT2D eigenvalue weighted by molar-refractivity contribution is 14.1. The number of nitrogens with zero attached hydrogens (tertiary/aromatic N) is 1. The summed E-state index contributed by atoms with van der Waals surface area (Å²) in [5, 5.41) is 0. The van der Waals surface area contributed by atoms with Crippen LogP contribution in [0, 0.1) is 3.57 Å². The van der Waals surface area contributed by atoms with Gasteiger partial charge in [-0.2, -0.15) is 0 Å². The van der Waals surface area contributed by atoms with E-state index >= 15 is 0 Å². The first-order chi connectivity index (χ1) is 16.5. The molecule has 1 fully saturated rings. The van der Waals surface area contributed by atoms with Crippen molar-refractivity contribution < 1.29 is 19.1 Å². The van der Waals surface area contributed by atoms with Gasteiger partial charge in [-0.1, -0.05) is 72.5 Å². The molecule has 0 saturated carbocycles. The van der Waals surface area contributed by atoms with Gasteiger partial charge < -0.3 is 9.47 Å². The fourth-order valence-corrected chi connectivity index (χ4v) is 5.17. The molecule has 1 amide bonds. The number of benzene rings is 3. The number of thiocarbonyl (C=S) groups is 1. The lowest BCUT2D eigenvalue weighted by molar-refractivity contribution is -0.122. The summed E-state index contributed by atoms with van der Waals surface area (Å²) >= 11 is 8.82. The molecule has 0 spiro atoms. The summed E-state index contributed by atoms with van der Waals surface area (Å²) in [6.07, 6.45) is 1.78. The van der Waals surface area contributed by atoms with E-state index in [9.17, 15) is 9.59 Å². The van der Waals surface area contributed by atoms with E-state index < -0.39 is 5.97 Å². The number of carbonyl (C=O) groups is 2. The summed E-state index contributed by atoms with van der Waals surface area (Å²) in [7, 11) is 0. The third kappa shape index (κ3) is 5.68. The van der Waals surface area contributed by atoms with Crippen molar-refractivity contribution in [2.75, 3.05) is 6.61 Å². The van der Waals surface area contributed by atoms with Gasteiger partial charge in [0.05, 0.1) is 23.6 Å². The van der Waals surface area contributed by atoms with E-state index in [-0.39, 0.29) is 5.91 Å². The molecular formula is C26H20INO4S2. The summed E-state index contributed by atoms with van der Waals surface area (Å²) in [6, 6.07) is 22.2. The normalized spacial score (nSPS) is 14.5. The van der Waals surface area contributed by atoms with Gasteiger partial charge in [-0.3, -0.25) is 9.69 Å². The highest BCUT2D eigenvalue weighted by Crippen LogP contribution is 2.36. The zero-order valence-electron chi connectivity index (χ0n) is 18.2. The summed E-state index contributed by atoms with van der Waals surface area (Å²) < 4.78 is 12.7. The van der Waals surface area contributed by atoms with Gasteiger partial charge >= 0.3 is 5.97 Å². The summed E-state index contributed by atoms with van der Waals surface area (Å²) in [5.41, 5.74) is 2.24. The zero-order valence-corrected chi connectivity index (χ0v) is 22.0. The molecule has 0 aliphatic carbocycles. The Balaban J connectivity index is 1.55. The average Bonchev–Trinajstić information content (AvgIpc) is 3.09. The minimum atomic E-state index is -0.458. The van der Waals surface area contributed by atoms with E-state index in [1.165, 1.54) is 11.8 Å². The van der Waals surface area contributed by atoms with Crippen LogP contribution >= 0.6 is 46.6 Å². The highest BCUT2D eigenvalue weighted by Gasteiger charge is 2.32. The van der Waals surface area contributed by atoms with Gasteiger partial charge in [0, 0.05) is 3.57 Å². The van der Waals surface area contributed by atoms with Gasteiger partial charge in [0.2, 0.25) is 0 Å². The summed E-state index contributed by atoms with van der Waals surface area (Å²) in [5.74, 6) is 0.155. The zero-order chi connectivity index (χ0) is 24.1. The molecular weight excluding hydrogens is 581 g/mol. The van der Waals surface area contributed by atoms with E-state index in [1.807, 2.05) is 49.4 Å². The monoisotopic (exact) mass is 601 g/mol. The van der Waals surface area contributed by atoms with Crippen molar-refractivity contribution in [1.29, 1.82) is 0 Å². The van der Waals surface area contributed by atoms with Crippen molar-refractivity contribution in [3.8, 4) is 11.5 Å². The maximum absolute atomic E-state index is 13.0. The molecule has 1 aliphatic rings. The van der Waals surface area contributed by atoms with Crippen LogP contribution in [-0.2, 0) is 11.3 Å². The average molecular weight is 601 g/mol. The second kappa shape index (κ2) is 11.2. The SMILES string of the molecule is CCOc1cc(/C=C2\SC(=S)N(Cc3ccccc3)C2=O)ccc1OC(=O)c1ccccc1I. The van der Waals surface area contributed by atoms with Crippen LogP contribution in [0.25, 0.3) is 6.08 Å². The molecule has 8 heteroatoms. The van der Waals surface area contributed by atoms with Crippen molar-refractivity contribution in [3.05, 3.63) is 98.0 Å². The summed E-state index contributed by atoms with van der Waals surface area (Å²) in [6.45, 7) is 2.68. The van der Waals surface area contributed by atoms with Crippen molar-refractivity contribution >= 4 is 68.8 Å². The van der Waals surface area contributed by atoms with E-state index in [2.05, 4.69) is 22.6 Å². The first kappa shape index (κ1) is 24.4. The van der Waals surface area contributed by atoms with Crippen LogP contribution in [0.3, 0.4) is 0 Å². The van der Waals surface area contributed by atoms with Gasteiger partial charge in [0.1, 0.15) is 4.32 Å². The van der Waals surface area contributed by atoms with Crippen molar-refractivity contribution in [2.24, 2.45) is 0 Å². The second-order valence-electron chi connectivity index (χ2n) is 7.26. The molecule has 0 bridgehead atoms. The molecule has 5 nitrogen and oxygen atoms in total. The molecule has 1 aliphatic heterocycles. The van der Waals surface area contributed by atoms with Crippen LogP contribution in [-0.4, -0.2) is 27.7 Å². The van der Waals surface area contributed by atoms with Crippen LogP contribution in [0.1, 0.15) is 28.4 Å². The molecule has 3 aromatic carbocycles. The lowest BCUT2D eigenvalue weighted by atomic mass is 10.1. The number of thioether (sulfide) groups is 1. The smallest absolute Gasteiger partial charge is 0.344 e. The lowest BCUT2D eigenvalue weighted by Gasteiger charge is -2.14. The Labute approximate surface area is 221 Å². The van der Waals surface area contributed by atoms with Gasteiger partial charge in [-0.05, 0) is 71.0 Å². The topological polar surface area (TPSA) is 55.8 Å². The van der Waals surface area contributed by atoms with Crippen molar-refractivity contribution in [3.63, 3.8) is 0 Å². The minimum absolute atomic E-state index is 0.133. The highest BCUT2D eigenvalue weighted by atomic mass is 127. The Bertz CT molecular complexity index is 1280. The predicted molar refractivity (Wildman–Crippen MR) is 147 cm³/mol. The van der Waals surface area contributed by atoms with E-state index in [4.69, 9.17) is 21.7 Å². The number of hydrogen-bond acceptors (Lipinski definition) is 6. The quantitative estimate of drug-likeness (QED) is 0.104. The molecule has 1 saturated heterocycles. The molecule has 0 N–H and O–H groups in total. The number of amides is 1. The number of carbonyl (C=O) groups excluding carboxylic acids is 2. The Morgan fingerprint density at radius 1 is 1.06 bits per heavy atom. The van der Waals surface area contributed by atoms with E-state index in [0.717, 1.165) is 14.7 Å². The molecule has 34 heavy (non-hydrogen) atoms. The van der Waals surface area contributed by atoms with Crippen LogP contribution in [0.4, 0.5) is 0 Å². The standard InChI is InChI=1S/C26H20INO4S2/c1-2-31-22-14-18(12-13-21(22)32-25(30)19-10-6-7-11-20(19)27)15-23-24(29)28(26(33)34-23)16-17-8-4-3-5-9-17/h3-15H,2,16H2,1H3/b23-15-. The van der Waals surface area contributed by atoms with Crippen LogP contribution in [0.15, 0.2) is 77.7 Å². The molecule has 4 rings (SSSR count). The number of hydrogen-bond donors (Lipinski definition) is 0. The number of esters is 1. The fraction of sp³-hybridized carbons (Fsp3) is 0.115. The molecule has 172 valence electrons. The van der Waals surface area contributed by atoms with Crippen molar-refractivity contribution in [2.45, 2.75) is 13.5 Å². The van der Waals surface area contributed by atoms with Crippen LogP contribution in [0.5, 0.6) is 11.5 Å². The van der Waals surface area contributed by atoms with Gasteiger partial charge in [-0.25, -0.2) is 4.79 Å². The fourth-order valence-electron chi connectivity index (χ4n) is 3.30. The maximum Gasteiger partial charge on any atom is 0.344 e. The van der Waals surface area contributed by atoms with Crippen molar-refractivity contribution in [1.82, 2.24) is 4.90 Å². The molecule has 1 heterocycles. The van der Waals surface area contributed by atoms with Gasteiger partial charge in [0.15, 0.2) is 11.5 Å². The molecule has 3 aromatic rings. The Morgan fingerprint density at radius 3 is 2.53 bits per heavy atom.